The normalized spacial score (nSPS) is 13.4. The maximum Gasteiger partial charge on any atom is 0.491 e. The van der Waals surface area contributed by atoms with Crippen molar-refractivity contribution in [1.82, 2.24) is 5.32 Å². The van der Waals surface area contributed by atoms with E-state index < -0.39 is 18.8 Å². The molecular weight excluding hydrogens is 383 g/mol. The van der Waals surface area contributed by atoms with Crippen molar-refractivity contribution in [2.24, 2.45) is 0 Å². The molecule has 10 heteroatoms. The van der Waals surface area contributed by atoms with Crippen LogP contribution in [0.2, 0.25) is 5.02 Å². The predicted octanol–water partition coefficient (Wildman–Crippen LogP) is 2.51. The maximum absolute atomic E-state index is 11.5. The molecule has 0 fully saturated rings. The first-order valence-corrected chi connectivity index (χ1v) is 9.45. The van der Waals surface area contributed by atoms with Gasteiger partial charge in [0.2, 0.25) is 0 Å². The number of alkyl carbamates (subject to hydrolysis) is 1. The molecule has 0 unspecified atom stereocenters. The Morgan fingerprint density at radius 1 is 1.52 bits per heavy atom. The minimum atomic E-state index is -0.938. The van der Waals surface area contributed by atoms with Crippen LogP contribution in [0.15, 0.2) is 12.1 Å². The van der Waals surface area contributed by atoms with Crippen molar-refractivity contribution in [1.29, 1.82) is 0 Å². The number of nitrogens with one attached hydrogen (secondary N) is 2. The van der Waals surface area contributed by atoms with E-state index in [4.69, 9.17) is 33.2 Å². The lowest BCUT2D eigenvalue weighted by Crippen LogP contribution is -2.33. The van der Waals surface area contributed by atoms with Crippen molar-refractivity contribution in [3.8, 4) is 0 Å². The van der Waals surface area contributed by atoms with Gasteiger partial charge in [-0.05, 0) is 43.9 Å². The SMILES string of the molecule is CC(C)(C)OC(=O)NCCSC(=S)Nc1cc2c(cc1Cl)COB2O. The Hall–Kier alpha value is -0.995. The highest BCUT2D eigenvalue weighted by Gasteiger charge is 2.28. The smallest absolute Gasteiger partial charge is 0.444 e. The minimum absolute atomic E-state index is 0.339. The molecule has 0 aliphatic carbocycles. The van der Waals surface area contributed by atoms with Gasteiger partial charge in [-0.25, -0.2) is 4.79 Å². The second-order valence-corrected chi connectivity index (χ2v) is 8.56. The average Bonchev–Trinajstić information content (AvgIpc) is 2.83. The number of fused-ring (bicyclic) bond motifs is 1. The number of carbonyl (C=O) groups is 1. The van der Waals surface area contributed by atoms with Crippen LogP contribution in [-0.2, 0) is 16.0 Å². The molecule has 0 aromatic heterocycles. The first kappa shape index (κ1) is 20.3. The molecule has 0 radical (unpaired) electrons. The van der Waals surface area contributed by atoms with Crippen molar-refractivity contribution >= 4 is 64.3 Å². The Morgan fingerprint density at radius 2 is 2.24 bits per heavy atom. The standard InChI is InChI=1S/C15H20BClN2O4S2/c1-15(2,3)23-13(20)18-4-5-25-14(24)19-12-7-10-9(6-11(12)17)8-22-16(10)21/h6-7,21H,4-5,8H2,1-3H3,(H,18,20)(H,19,24). The summed E-state index contributed by atoms with van der Waals surface area (Å²) in [5, 5.41) is 16.0. The molecule has 0 saturated carbocycles. The monoisotopic (exact) mass is 402 g/mol. The van der Waals surface area contributed by atoms with Crippen molar-refractivity contribution in [2.75, 3.05) is 17.6 Å². The van der Waals surface area contributed by atoms with Gasteiger partial charge in [0.25, 0.3) is 0 Å². The van der Waals surface area contributed by atoms with E-state index in [0.29, 0.717) is 39.4 Å². The number of carbonyl (C=O) groups excluding carboxylic acids is 1. The largest absolute Gasteiger partial charge is 0.491 e. The summed E-state index contributed by atoms with van der Waals surface area (Å²) in [5.41, 5.74) is 1.64. The van der Waals surface area contributed by atoms with Gasteiger partial charge in [-0.1, -0.05) is 35.6 Å². The predicted molar refractivity (Wildman–Crippen MR) is 107 cm³/mol. The molecule has 0 atom stereocenters. The Bertz CT molecular complexity index is 670. The zero-order valence-electron chi connectivity index (χ0n) is 14.2. The van der Waals surface area contributed by atoms with E-state index in [1.807, 2.05) is 20.8 Å². The van der Waals surface area contributed by atoms with E-state index in [0.717, 1.165) is 5.56 Å². The zero-order valence-corrected chi connectivity index (χ0v) is 16.6. The lowest BCUT2D eigenvalue weighted by atomic mass is 9.79. The van der Waals surface area contributed by atoms with Gasteiger partial charge in [0.15, 0.2) is 0 Å². The fourth-order valence-corrected chi connectivity index (χ4v) is 3.26. The number of ether oxygens (including phenoxy) is 1. The number of amides is 1. The molecule has 1 heterocycles. The van der Waals surface area contributed by atoms with Crippen LogP contribution >= 0.6 is 35.6 Å². The van der Waals surface area contributed by atoms with Gasteiger partial charge >= 0.3 is 13.2 Å². The minimum Gasteiger partial charge on any atom is -0.444 e. The topological polar surface area (TPSA) is 79.8 Å². The highest BCUT2D eigenvalue weighted by Crippen LogP contribution is 2.26. The summed E-state index contributed by atoms with van der Waals surface area (Å²) in [6, 6.07) is 3.49. The van der Waals surface area contributed by atoms with E-state index in [2.05, 4.69) is 10.6 Å². The summed E-state index contributed by atoms with van der Waals surface area (Å²) < 4.78 is 10.8. The molecule has 1 aliphatic rings. The van der Waals surface area contributed by atoms with Crippen LogP contribution < -0.4 is 16.1 Å². The number of hydrogen-bond acceptors (Lipinski definition) is 6. The van der Waals surface area contributed by atoms with Crippen LogP contribution in [0.5, 0.6) is 0 Å². The summed E-state index contributed by atoms with van der Waals surface area (Å²) in [6.07, 6.45) is -0.456. The highest BCUT2D eigenvalue weighted by molar-refractivity contribution is 8.23. The second-order valence-electron chi connectivity index (χ2n) is 6.38. The molecule has 0 bridgehead atoms. The molecule has 6 nitrogen and oxygen atoms in total. The maximum atomic E-state index is 11.5. The van der Waals surface area contributed by atoms with Crippen LogP contribution in [0.4, 0.5) is 10.5 Å². The first-order chi connectivity index (χ1) is 11.7. The Labute approximate surface area is 162 Å². The van der Waals surface area contributed by atoms with Gasteiger partial charge in [0.1, 0.15) is 9.92 Å². The summed E-state index contributed by atoms with van der Waals surface area (Å²) in [4.78, 5) is 11.5. The molecule has 1 aromatic rings. The van der Waals surface area contributed by atoms with Crippen molar-refractivity contribution in [3.63, 3.8) is 0 Å². The van der Waals surface area contributed by atoms with E-state index in [1.54, 1.807) is 12.1 Å². The number of thioether (sulfide) groups is 1. The number of halogens is 1. The van der Waals surface area contributed by atoms with Crippen molar-refractivity contribution < 1.29 is 19.2 Å². The third-order valence-electron chi connectivity index (χ3n) is 3.13. The quantitative estimate of drug-likeness (QED) is 0.405. The molecule has 0 spiro atoms. The number of thiocarbonyl (C=S) groups is 1. The molecule has 1 aromatic carbocycles. The fraction of sp³-hybridized carbons (Fsp3) is 0.467. The van der Waals surface area contributed by atoms with E-state index in [1.165, 1.54) is 11.8 Å². The van der Waals surface area contributed by atoms with Crippen LogP contribution in [0.3, 0.4) is 0 Å². The molecule has 2 rings (SSSR count). The van der Waals surface area contributed by atoms with E-state index in [-0.39, 0.29) is 0 Å². The van der Waals surface area contributed by atoms with E-state index in [9.17, 15) is 9.82 Å². The third kappa shape index (κ3) is 6.34. The molecule has 1 amide bonds. The molecule has 1 aliphatic heterocycles. The Morgan fingerprint density at radius 3 is 2.92 bits per heavy atom. The van der Waals surface area contributed by atoms with Crippen molar-refractivity contribution in [3.05, 3.63) is 22.7 Å². The number of benzene rings is 1. The van der Waals surface area contributed by atoms with Gasteiger partial charge in [-0.15, -0.1) is 0 Å². The van der Waals surface area contributed by atoms with Crippen LogP contribution in [0.1, 0.15) is 26.3 Å². The van der Waals surface area contributed by atoms with Crippen LogP contribution in [0.25, 0.3) is 0 Å². The van der Waals surface area contributed by atoms with Gasteiger partial charge in [0.05, 0.1) is 17.3 Å². The average molecular weight is 403 g/mol. The number of anilines is 1. The van der Waals surface area contributed by atoms with Crippen LogP contribution in [-0.4, -0.2) is 40.5 Å². The molecule has 3 N–H and O–H groups in total. The summed E-state index contributed by atoms with van der Waals surface area (Å²) in [7, 11) is -0.938. The molecule has 136 valence electrons. The van der Waals surface area contributed by atoms with Gasteiger partial charge in [-0.3, -0.25) is 0 Å². The van der Waals surface area contributed by atoms with Gasteiger partial charge < -0.3 is 25.0 Å². The summed E-state index contributed by atoms with van der Waals surface area (Å²) in [5.74, 6) is 0.583. The Kier molecular flexibility index (Phi) is 6.98. The summed E-state index contributed by atoms with van der Waals surface area (Å²) in [6.45, 7) is 6.19. The number of rotatable bonds is 4. The fourth-order valence-electron chi connectivity index (χ4n) is 2.10. The molecular formula is C15H20BClN2O4S2. The van der Waals surface area contributed by atoms with Gasteiger partial charge in [0, 0.05) is 12.3 Å². The lowest BCUT2D eigenvalue weighted by Gasteiger charge is -2.19. The Balaban J connectivity index is 1.78. The first-order valence-electron chi connectivity index (χ1n) is 7.68. The molecule has 0 saturated heterocycles. The zero-order chi connectivity index (χ0) is 18.6. The van der Waals surface area contributed by atoms with Gasteiger partial charge in [-0.2, -0.15) is 0 Å². The second kappa shape index (κ2) is 8.59. The van der Waals surface area contributed by atoms with Crippen LogP contribution in [0, 0.1) is 0 Å². The summed E-state index contributed by atoms with van der Waals surface area (Å²) >= 11 is 12.9. The number of hydrogen-bond donors (Lipinski definition) is 3. The van der Waals surface area contributed by atoms with E-state index >= 15 is 0 Å². The van der Waals surface area contributed by atoms with Crippen molar-refractivity contribution in [2.45, 2.75) is 33.0 Å². The lowest BCUT2D eigenvalue weighted by molar-refractivity contribution is 0.0531. The molecule has 25 heavy (non-hydrogen) atoms. The third-order valence-corrected chi connectivity index (χ3v) is 4.67. The highest BCUT2D eigenvalue weighted by atomic mass is 35.5.